The zero-order valence-electron chi connectivity index (χ0n) is 14.0. The average Bonchev–Trinajstić information content (AvgIpc) is 2.95. The molecular formula is C17H21NO4S2. The van der Waals surface area contributed by atoms with Gasteiger partial charge in [-0.05, 0) is 43.5 Å². The van der Waals surface area contributed by atoms with Crippen molar-refractivity contribution in [1.29, 1.82) is 0 Å². The summed E-state index contributed by atoms with van der Waals surface area (Å²) in [5.41, 5.74) is -0.777. The van der Waals surface area contributed by atoms with Crippen molar-refractivity contribution in [3.63, 3.8) is 0 Å². The summed E-state index contributed by atoms with van der Waals surface area (Å²) >= 11 is 0.968. The van der Waals surface area contributed by atoms with Crippen LogP contribution in [0.5, 0.6) is 0 Å². The summed E-state index contributed by atoms with van der Waals surface area (Å²) in [4.78, 5) is 12.1. The predicted octanol–water partition coefficient (Wildman–Crippen LogP) is 3.41. The lowest BCUT2D eigenvalue weighted by atomic mass is 10.0. The molecule has 0 aliphatic rings. The first-order valence-corrected chi connectivity index (χ1v) is 9.81. The highest BCUT2D eigenvalue weighted by Gasteiger charge is 2.27. The van der Waals surface area contributed by atoms with Crippen LogP contribution in [-0.4, -0.2) is 25.0 Å². The minimum absolute atomic E-state index is 0.0744. The van der Waals surface area contributed by atoms with Crippen LogP contribution in [-0.2, 0) is 14.6 Å². The van der Waals surface area contributed by atoms with Crippen LogP contribution in [0.25, 0.3) is 0 Å². The van der Waals surface area contributed by atoms with Gasteiger partial charge in [-0.3, -0.25) is 4.79 Å². The van der Waals surface area contributed by atoms with Gasteiger partial charge >= 0.3 is 0 Å². The smallest absolute Gasteiger partial charge is 0.256 e. The summed E-state index contributed by atoms with van der Waals surface area (Å²) in [6.07, 6.45) is 0. The molecule has 0 fully saturated rings. The van der Waals surface area contributed by atoms with E-state index in [1.165, 1.54) is 26.0 Å². The largest absolute Gasteiger partial charge is 0.381 e. The van der Waals surface area contributed by atoms with Crippen molar-refractivity contribution < 1.29 is 18.3 Å². The van der Waals surface area contributed by atoms with Crippen LogP contribution < -0.4 is 5.32 Å². The number of rotatable bonds is 5. The van der Waals surface area contributed by atoms with Gasteiger partial charge in [0, 0.05) is 0 Å². The fourth-order valence-electron chi connectivity index (χ4n) is 2.11. The molecule has 0 aliphatic heterocycles. The second kappa shape index (κ2) is 6.66. The van der Waals surface area contributed by atoms with E-state index in [-0.39, 0.29) is 15.0 Å². The molecule has 130 valence electrons. The predicted molar refractivity (Wildman–Crippen MR) is 95.2 cm³/mol. The van der Waals surface area contributed by atoms with Gasteiger partial charge in [0.05, 0.1) is 9.90 Å². The quantitative estimate of drug-likeness (QED) is 0.848. The second-order valence-electron chi connectivity index (χ2n) is 6.33. The van der Waals surface area contributed by atoms with Crippen molar-refractivity contribution in [2.75, 3.05) is 5.32 Å². The maximum atomic E-state index is 12.9. The first-order valence-electron chi connectivity index (χ1n) is 7.51. The molecule has 1 aromatic heterocycles. The second-order valence-corrected chi connectivity index (χ2v) is 9.56. The Hall–Kier alpha value is -1.70. The van der Waals surface area contributed by atoms with Crippen molar-refractivity contribution >= 4 is 32.1 Å². The molecule has 2 aromatic rings. The topological polar surface area (TPSA) is 83.5 Å². The lowest BCUT2D eigenvalue weighted by Crippen LogP contribution is -2.36. The zero-order valence-corrected chi connectivity index (χ0v) is 15.7. The number of benzene rings is 1. The summed E-state index contributed by atoms with van der Waals surface area (Å²) in [6.45, 7) is 6.62. The van der Waals surface area contributed by atoms with Gasteiger partial charge in [0.25, 0.3) is 5.91 Å². The number of carbonyl (C=O) groups excluding carboxylic acids is 1. The number of hydrogen-bond donors (Lipinski definition) is 2. The average molecular weight is 367 g/mol. The van der Waals surface area contributed by atoms with Crippen molar-refractivity contribution in [3.05, 3.63) is 42.0 Å². The van der Waals surface area contributed by atoms with Gasteiger partial charge in [0.15, 0.2) is 0 Å². The van der Waals surface area contributed by atoms with E-state index in [1.54, 1.807) is 12.1 Å². The molecule has 2 N–H and O–H groups in total. The summed E-state index contributed by atoms with van der Waals surface area (Å²) in [7, 11) is -3.66. The highest BCUT2D eigenvalue weighted by molar-refractivity contribution is 7.93. The van der Waals surface area contributed by atoms with Crippen molar-refractivity contribution in [2.45, 2.75) is 48.3 Å². The van der Waals surface area contributed by atoms with Crippen LogP contribution in [0, 0.1) is 0 Å². The molecule has 2 rings (SSSR count). The molecule has 0 saturated heterocycles. The summed E-state index contributed by atoms with van der Waals surface area (Å²) in [5, 5.41) is 12.6. The summed E-state index contributed by atoms with van der Waals surface area (Å²) < 4.78 is 26.0. The third-order valence-electron chi connectivity index (χ3n) is 3.47. The highest BCUT2D eigenvalue weighted by atomic mass is 32.2. The van der Waals surface area contributed by atoms with Crippen LogP contribution in [0.4, 0.5) is 5.00 Å². The zero-order chi connectivity index (χ0) is 18.1. The van der Waals surface area contributed by atoms with Gasteiger partial charge in [-0.2, -0.15) is 0 Å². The van der Waals surface area contributed by atoms with E-state index in [2.05, 4.69) is 5.32 Å². The van der Waals surface area contributed by atoms with Crippen molar-refractivity contribution in [3.8, 4) is 0 Å². The van der Waals surface area contributed by atoms with Crippen LogP contribution in [0.15, 0.2) is 45.5 Å². The first-order chi connectivity index (χ1) is 11.0. The molecule has 5 nitrogen and oxygen atoms in total. The normalized spacial score (nSPS) is 12.4. The van der Waals surface area contributed by atoms with Gasteiger partial charge in [-0.15, -0.1) is 11.3 Å². The minimum atomic E-state index is -3.66. The minimum Gasteiger partial charge on any atom is -0.381 e. The van der Waals surface area contributed by atoms with Crippen LogP contribution in [0.2, 0.25) is 0 Å². The number of nitrogens with one attached hydrogen (secondary N) is 1. The molecule has 0 aliphatic carbocycles. The number of amides is 1. The molecule has 1 aromatic carbocycles. The number of sulfone groups is 1. The molecule has 24 heavy (non-hydrogen) atoms. The van der Waals surface area contributed by atoms with E-state index in [0.717, 1.165) is 16.9 Å². The fraction of sp³-hybridized carbons (Fsp3) is 0.353. The number of anilines is 1. The Kier molecular flexibility index (Phi) is 5.17. The number of aliphatic hydroxyl groups is 1. The molecule has 1 amide bonds. The number of thiophene rings is 1. The SMILES string of the molecule is CC(C)c1ccccc1S(=O)(=O)c1ccc(NC(=O)C(C)(C)O)s1. The number of hydrogen-bond acceptors (Lipinski definition) is 5. The van der Waals surface area contributed by atoms with E-state index in [4.69, 9.17) is 0 Å². The van der Waals surface area contributed by atoms with Crippen LogP contribution in [0.1, 0.15) is 39.2 Å². The molecule has 7 heteroatoms. The first kappa shape index (κ1) is 18.6. The Morgan fingerprint density at radius 1 is 1.17 bits per heavy atom. The fourth-order valence-corrected chi connectivity index (χ4v) is 5.05. The van der Waals surface area contributed by atoms with Gasteiger partial charge < -0.3 is 10.4 Å². The van der Waals surface area contributed by atoms with Crippen LogP contribution in [0.3, 0.4) is 0 Å². The van der Waals surface area contributed by atoms with E-state index >= 15 is 0 Å². The van der Waals surface area contributed by atoms with Crippen molar-refractivity contribution in [2.24, 2.45) is 0 Å². The molecule has 1 heterocycles. The van der Waals surface area contributed by atoms with Crippen LogP contribution >= 0.6 is 11.3 Å². The lowest BCUT2D eigenvalue weighted by Gasteiger charge is -2.15. The highest BCUT2D eigenvalue weighted by Crippen LogP contribution is 2.34. The third kappa shape index (κ3) is 3.85. The summed E-state index contributed by atoms with van der Waals surface area (Å²) in [6, 6.07) is 9.92. The molecule has 0 spiro atoms. The molecule has 0 atom stereocenters. The monoisotopic (exact) mass is 367 g/mol. The lowest BCUT2D eigenvalue weighted by molar-refractivity contribution is -0.130. The molecule has 0 radical (unpaired) electrons. The maximum absolute atomic E-state index is 12.9. The molecule has 0 saturated carbocycles. The Morgan fingerprint density at radius 3 is 2.38 bits per heavy atom. The molecule has 0 unspecified atom stereocenters. The Labute approximate surface area is 146 Å². The van der Waals surface area contributed by atoms with Gasteiger partial charge in [0.2, 0.25) is 9.84 Å². The van der Waals surface area contributed by atoms with Gasteiger partial charge in [0.1, 0.15) is 9.81 Å². The standard InChI is InChI=1S/C17H21NO4S2/c1-11(2)12-7-5-6-8-13(12)24(21,22)15-10-9-14(23-15)18-16(19)17(3,4)20/h5-11,20H,1-4H3,(H,18,19). The number of carbonyl (C=O) groups is 1. The van der Waals surface area contributed by atoms with Gasteiger partial charge in [-0.1, -0.05) is 32.0 Å². The summed E-state index contributed by atoms with van der Waals surface area (Å²) in [5.74, 6) is -0.513. The molecule has 0 bridgehead atoms. The third-order valence-corrected chi connectivity index (χ3v) is 6.79. The van der Waals surface area contributed by atoms with E-state index in [9.17, 15) is 18.3 Å². The Balaban J connectivity index is 2.38. The van der Waals surface area contributed by atoms with Crippen molar-refractivity contribution in [1.82, 2.24) is 0 Å². The van der Waals surface area contributed by atoms with E-state index in [1.807, 2.05) is 26.0 Å². The Morgan fingerprint density at radius 2 is 1.79 bits per heavy atom. The van der Waals surface area contributed by atoms with E-state index in [0.29, 0.717) is 5.00 Å². The van der Waals surface area contributed by atoms with E-state index < -0.39 is 21.3 Å². The van der Waals surface area contributed by atoms with Gasteiger partial charge in [-0.25, -0.2) is 8.42 Å². The Bertz CT molecular complexity index is 845. The maximum Gasteiger partial charge on any atom is 0.256 e. The molecular weight excluding hydrogens is 346 g/mol.